The molecule has 23 heavy (non-hydrogen) atoms. The summed E-state index contributed by atoms with van der Waals surface area (Å²) in [6.07, 6.45) is -0.257. The van der Waals surface area contributed by atoms with Crippen LogP contribution in [0.2, 0.25) is 0 Å². The lowest BCUT2D eigenvalue weighted by Crippen LogP contribution is -2.38. The fourth-order valence-electron chi connectivity index (χ4n) is 2.52. The molecule has 1 aromatic carbocycles. The minimum absolute atomic E-state index is 0.115. The van der Waals surface area contributed by atoms with E-state index in [0.29, 0.717) is 19.0 Å². The van der Waals surface area contributed by atoms with E-state index in [-0.39, 0.29) is 12.1 Å². The Morgan fingerprint density at radius 2 is 2.00 bits per heavy atom. The van der Waals surface area contributed by atoms with Gasteiger partial charge in [0, 0.05) is 29.7 Å². The minimum atomic E-state index is -0.474. The number of nitrogens with zero attached hydrogens (tertiary/aromatic N) is 1. The maximum atomic E-state index is 12.3. The highest BCUT2D eigenvalue weighted by molar-refractivity contribution is 7.99. The molecule has 1 amide bonds. The lowest BCUT2D eigenvalue weighted by atomic mass is 10.1. The molecule has 6 heteroatoms. The lowest BCUT2D eigenvalue weighted by molar-refractivity contribution is 0.0257. The monoisotopic (exact) mass is 338 g/mol. The van der Waals surface area contributed by atoms with Crippen LogP contribution in [-0.2, 0) is 9.57 Å². The Kier molecular flexibility index (Phi) is 6.33. The fourth-order valence-corrected chi connectivity index (χ4v) is 3.61. The van der Waals surface area contributed by atoms with Gasteiger partial charge in [0.25, 0.3) is 0 Å². The third-order valence-electron chi connectivity index (χ3n) is 3.57. The Balaban J connectivity index is 1.93. The molecule has 1 N–H and O–H groups in total. The Labute approximate surface area is 142 Å². The van der Waals surface area contributed by atoms with Crippen LogP contribution in [0.15, 0.2) is 35.2 Å². The summed E-state index contributed by atoms with van der Waals surface area (Å²) in [7, 11) is 1.61. The number of rotatable bonds is 5. The zero-order valence-corrected chi connectivity index (χ0v) is 15.1. The number of thioether (sulfide) groups is 1. The number of hydroxylamine groups is 1. The quantitative estimate of drug-likeness (QED) is 0.660. The molecular formula is C17H26N2O3S. The third kappa shape index (κ3) is 5.71. The van der Waals surface area contributed by atoms with E-state index < -0.39 is 5.60 Å². The van der Waals surface area contributed by atoms with Gasteiger partial charge < -0.3 is 14.5 Å². The molecule has 1 aliphatic heterocycles. The van der Waals surface area contributed by atoms with Crippen molar-refractivity contribution in [3.63, 3.8) is 0 Å². The van der Waals surface area contributed by atoms with Crippen molar-refractivity contribution in [3.8, 4) is 0 Å². The maximum Gasteiger partial charge on any atom is 0.410 e. The van der Waals surface area contributed by atoms with Gasteiger partial charge in [0.05, 0.1) is 13.2 Å². The zero-order chi connectivity index (χ0) is 16.9. The lowest BCUT2D eigenvalue weighted by Gasteiger charge is -2.24. The van der Waals surface area contributed by atoms with Crippen LogP contribution in [0.4, 0.5) is 4.79 Å². The van der Waals surface area contributed by atoms with Crippen LogP contribution in [0.3, 0.4) is 0 Å². The maximum absolute atomic E-state index is 12.3. The van der Waals surface area contributed by atoms with Gasteiger partial charge in [-0.3, -0.25) is 0 Å². The predicted octanol–water partition coefficient (Wildman–Crippen LogP) is 3.17. The van der Waals surface area contributed by atoms with Gasteiger partial charge in [0.15, 0.2) is 0 Å². The number of carbonyl (C=O) groups excluding carboxylic acids is 1. The van der Waals surface area contributed by atoms with E-state index in [0.717, 1.165) is 5.75 Å². The second-order valence-corrected chi connectivity index (χ2v) is 7.79. The third-order valence-corrected chi connectivity index (χ3v) is 4.77. The molecule has 1 aromatic rings. The molecule has 128 valence electrons. The number of carbonyl (C=O) groups is 1. The van der Waals surface area contributed by atoms with Crippen LogP contribution < -0.4 is 5.48 Å². The number of amides is 1. The normalized spacial score (nSPS) is 21.5. The highest BCUT2D eigenvalue weighted by Crippen LogP contribution is 2.27. The molecule has 1 aliphatic rings. The first-order valence-corrected chi connectivity index (χ1v) is 8.82. The molecule has 2 rings (SSSR count). The van der Waals surface area contributed by atoms with E-state index in [2.05, 4.69) is 17.6 Å². The summed E-state index contributed by atoms with van der Waals surface area (Å²) < 4.78 is 5.47. The second-order valence-electron chi connectivity index (χ2n) is 6.70. The Hall–Kier alpha value is -1.24. The first kappa shape index (κ1) is 18.1. The summed E-state index contributed by atoms with van der Waals surface area (Å²) in [4.78, 5) is 20.4. The van der Waals surface area contributed by atoms with E-state index >= 15 is 0 Å². The minimum Gasteiger partial charge on any atom is -0.444 e. The number of ether oxygens (including phenoxy) is 1. The number of benzene rings is 1. The molecular weight excluding hydrogens is 312 g/mol. The smallest absolute Gasteiger partial charge is 0.410 e. The summed E-state index contributed by atoms with van der Waals surface area (Å²) in [5.74, 6) is 1.23. The van der Waals surface area contributed by atoms with Crippen LogP contribution in [0.1, 0.15) is 20.8 Å². The molecule has 0 radical (unpaired) electrons. The van der Waals surface area contributed by atoms with Crippen LogP contribution in [-0.4, -0.2) is 48.6 Å². The van der Waals surface area contributed by atoms with Gasteiger partial charge in [0.2, 0.25) is 0 Å². The molecule has 0 aliphatic carbocycles. The first-order chi connectivity index (χ1) is 10.9. The van der Waals surface area contributed by atoms with Crippen LogP contribution >= 0.6 is 11.8 Å². The predicted molar refractivity (Wildman–Crippen MR) is 92.4 cm³/mol. The van der Waals surface area contributed by atoms with Gasteiger partial charge >= 0.3 is 6.09 Å². The number of hydrogen-bond acceptors (Lipinski definition) is 5. The van der Waals surface area contributed by atoms with Gasteiger partial charge in [-0.05, 0) is 32.9 Å². The van der Waals surface area contributed by atoms with Crippen molar-refractivity contribution in [1.82, 2.24) is 10.4 Å². The highest BCUT2D eigenvalue weighted by atomic mass is 32.2. The molecule has 2 atom stereocenters. The Bertz CT molecular complexity index is 504. The summed E-state index contributed by atoms with van der Waals surface area (Å²) in [5.41, 5.74) is 2.54. The SMILES string of the molecule is CON[C@@H]1CN(C(=O)OC(C)(C)C)C[C@H]1CSc1ccccc1. The Morgan fingerprint density at radius 3 is 2.61 bits per heavy atom. The zero-order valence-electron chi connectivity index (χ0n) is 14.2. The second kappa shape index (κ2) is 8.04. The standard InChI is InChI=1S/C17H26N2O3S/c1-17(2,3)22-16(20)19-10-13(15(11-19)18-21-4)12-23-14-8-6-5-7-9-14/h5-9,13,15,18H,10-12H2,1-4H3/t13-,15+/m0/s1. The Morgan fingerprint density at radius 1 is 1.30 bits per heavy atom. The van der Waals surface area contributed by atoms with Crippen LogP contribution in [0.25, 0.3) is 0 Å². The van der Waals surface area contributed by atoms with Crippen molar-refractivity contribution >= 4 is 17.9 Å². The van der Waals surface area contributed by atoms with Crippen LogP contribution in [0.5, 0.6) is 0 Å². The first-order valence-electron chi connectivity index (χ1n) is 7.83. The summed E-state index contributed by atoms with van der Waals surface area (Å²) in [6.45, 7) is 6.93. The van der Waals surface area contributed by atoms with E-state index in [1.54, 1.807) is 23.8 Å². The summed E-state index contributed by atoms with van der Waals surface area (Å²) >= 11 is 1.80. The van der Waals surface area contributed by atoms with Crippen molar-refractivity contribution in [2.45, 2.75) is 37.3 Å². The van der Waals surface area contributed by atoms with Gasteiger partial charge in [-0.15, -0.1) is 11.8 Å². The van der Waals surface area contributed by atoms with Crippen molar-refractivity contribution < 1.29 is 14.4 Å². The van der Waals surface area contributed by atoms with Crippen molar-refractivity contribution in [2.24, 2.45) is 5.92 Å². The van der Waals surface area contributed by atoms with Gasteiger partial charge in [0.1, 0.15) is 5.60 Å². The van der Waals surface area contributed by atoms with Crippen LogP contribution in [0, 0.1) is 5.92 Å². The molecule has 1 fully saturated rings. The molecule has 0 spiro atoms. The van der Waals surface area contributed by atoms with Crippen molar-refractivity contribution in [2.75, 3.05) is 26.0 Å². The molecule has 0 bridgehead atoms. The van der Waals surface area contributed by atoms with E-state index in [1.165, 1.54) is 4.90 Å². The number of nitrogens with one attached hydrogen (secondary N) is 1. The molecule has 0 aromatic heterocycles. The summed E-state index contributed by atoms with van der Waals surface area (Å²) in [5, 5.41) is 0. The van der Waals surface area contributed by atoms with Gasteiger partial charge in [-0.1, -0.05) is 18.2 Å². The van der Waals surface area contributed by atoms with Crippen molar-refractivity contribution in [1.29, 1.82) is 0 Å². The fraction of sp³-hybridized carbons (Fsp3) is 0.588. The summed E-state index contributed by atoms with van der Waals surface area (Å²) in [6, 6.07) is 10.4. The average molecular weight is 338 g/mol. The van der Waals surface area contributed by atoms with E-state index in [1.807, 2.05) is 39.0 Å². The highest BCUT2D eigenvalue weighted by Gasteiger charge is 2.37. The molecule has 0 unspecified atom stereocenters. The van der Waals surface area contributed by atoms with Gasteiger partial charge in [-0.25, -0.2) is 4.79 Å². The molecule has 0 saturated carbocycles. The molecule has 1 heterocycles. The van der Waals surface area contributed by atoms with Gasteiger partial charge in [-0.2, -0.15) is 5.48 Å². The van der Waals surface area contributed by atoms with E-state index in [9.17, 15) is 4.79 Å². The number of likely N-dealkylation sites (tertiary alicyclic amines) is 1. The topological polar surface area (TPSA) is 50.8 Å². The van der Waals surface area contributed by atoms with E-state index in [4.69, 9.17) is 9.57 Å². The largest absolute Gasteiger partial charge is 0.444 e. The average Bonchev–Trinajstić information content (AvgIpc) is 2.88. The molecule has 5 nitrogen and oxygen atoms in total. The van der Waals surface area contributed by atoms with Crippen molar-refractivity contribution in [3.05, 3.63) is 30.3 Å². The molecule has 1 saturated heterocycles. The number of hydrogen-bond donors (Lipinski definition) is 1.